The number of benzene rings is 1. The van der Waals surface area contributed by atoms with Gasteiger partial charge in [0.1, 0.15) is 0 Å². The molecular weight excluding hydrogens is 316 g/mol. The van der Waals surface area contributed by atoms with Gasteiger partial charge in [0.25, 0.3) is 0 Å². The van der Waals surface area contributed by atoms with Crippen LogP contribution in [-0.4, -0.2) is 10.2 Å². The van der Waals surface area contributed by atoms with Crippen LogP contribution in [0.2, 0.25) is 0 Å². The molecule has 0 unspecified atom stereocenters. The Labute approximate surface area is 161 Å². The topological polar surface area (TPSA) is 25.8 Å². The summed E-state index contributed by atoms with van der Waals surface area (Å²) in [5.41, 5.74) is 7.54. The molecule has 144 valence electrons. The van der Waals surface area contributed by atoms with Gasteiger partial charge in [-0.2, -0.15) is 5.10 Å². The average Bonchev–Trinajstić information content (AvgIpc) is 2.62. The molecule has 0 saturated carbocycles. The molecule has 0 atom stereocenters. The summed E-state index contributed by atoms with van der Waals surface area (Å²) in [7, 11) is 0. The third-order valence-corrected chi connectivity index (χ3v) is 4.41. The number of hydrogen-bond acceptors (Lipinski definition) is 2. The SMILES string of the molecule is CC(C)C.CCCCCc1c(-c2ccc(CC)cc2)nnc(C)c1CC. The fourth-order valence-electron chi connectivity index (χ4n) is 3.03. The van der Waals surface area contributed by atoms with E-state index in [1.54, 1.807) is 0 Å². The van der Waals surface area contributed by atoms with E-state index >= 15 is 0 Å². The van der Waals surface area contributed by atoms with Crippen LogP contribution in [0.1, 0.15) is 83.2 Å². The quantitative estimate of drug-likeness (QED) is 0.502. The zero-order valence-corrected chi connectivity index (χ0v) is 18.0. The molecule has 0 N–H and O–H groups in total. The van der Waals surface area contributed by atoms with Crippen LogP contribution < -0.4 is 0 Å². The molecule has 1 heterocycles. The number of nitrogens with zero attached hydrogens (tertiary/aromatic N) is 2. The summed E-state index contributed by atoms with van der Waals surface area (Å²) >= 11 is 0. The second kappa shape index (κ2) is 11.8. The molecule has 2 aromatic rings. The molecule has 1 aromatic carbocycles. The van der Waals surface area contributed by atoms with Crippen LogP contribution in [0.3, 0.4) is 0 Å². The molecule has 2 nitrogen and oxygen atoms in total. The Kier molecular flexibility index (Phi) is 10.2. The van der Waals surface area contributed by atoms with Gasteiger partial charge in [-0.1, -0.05) is 78.6 Å². The van der Waals surface area contributed by atoms with Gasteiger partial charge < -0.3 is 0 Å². The lowest BCUT2D eigenvalue weighted by Crippen LogP contribution is -2.05. The van der Waals surface area contributed by atoms with E-state index in [1.807, 2.05) is 0 Å². The van der Waals surface area contributed by atoms with Crippen LogP contribution in [0.25, 0.3) is 11.3 Å². The molecule has 1 aromatic heterocycles. The van der Waals surface area contributed by atoms with E-state index in [4.69, 9.17) is 0 Å². The first-order valence-electron chi connectivity index (χ1n) is 10.4. The maximum Gasteiger partial charge on any atom is 0.0964 e. The van der Waals surface area contributed by atoms with E-state index in [0.717, 1.165) is 36.6 Å². The van der Waals surface area contributed by atoms with Crippen molar-refractivity contribution < 1.29 is 0 Å². The Balaban J connectivity index is 0.000000765. The first kappa shape index (κ1) is 22.3. The number of aryl methyl sites for hydroxylation is 2. The number of unbranched alkanes of at least 4 members (excludes halogenated alkanes) is 2. The molecule has 0 spiro atoms. The van der Waals surface area contributed by atoms with Gasteiger partial charge in [-0.15, -0.1) is 5.10 Å². The largest absolute Gasteiger partial charge is 0.155 e. The Morgan fingerprint density at radius 2 is 1.42 bits per heavy atom. The van der Waals surface area contributed by atoms with Crippen molar-refractivity contribution in [3.8, 4) is 11.3 Å². The van der Waals surface area contributed by atoms with Crippen molar-refractivity contribution >= 4 is 0 Å². The summed E-state index contributed by atoms with van der Waals surface area (Å²) in [6.45, 7) is 15.2. The third kappa shape index (κ3) is 6.90. The van der Waals surface area contributed by atoms with Gasteiger partial charge in [0.05, 0.1) is 11.4 Å². The molecule has 26 heavy (non-hydrogen) atoms. The molecule has 0 bridgehead atoms. The standard InChI is InChI=1S/C20H28N2.C4H10/c1-5-8-9-10-19-18(7-3)15(4)21-22-20(19)17-13-11-16(6-2)12-14-17;1-4(2)3/h11-14H,5-10H2,1-4H3;4H,1-3H3. The predicted octanol–water partition coefficient (Wildman–Crippen LogP) is 6.97. The summed E-state index contributed by atoms with van der Waals surface area (Å²) in [4.78, 5) is 0. The minimum absolute atomic E-state index is 0.833. The molecule has 0 radical (unpaired) electrons. The minimum Gasteiger partial charge on any atom is -0.155 e. The van der Waals surface area contributed by atoms with Crippen LogP contribution in [0, 0.1) is 12.8 Å². The number of aromatic nitrogens is 2. The van der Waals surface area contributed by atoms with E-state index in [9.17, 15) is 0 Å². The highest BCUT2D eigenvalue weighted by molar-refractivity contribution is 5.65. The van der Waals surface area contributed by atoms with Gasteiger partial charge in [-0.05, 0) is 55.2 Å². The zero-order valence-electron chi connectivity index (χ0n) is 18.0. The molecule has 2 rings (SSSR count). The summed E-state index contributed by atoms with van der Waals surface area (Å²) < 4.78 is 0. The van der Waals surface area contributed by atoms with Gasteiger partial charge >= 0.3 is 0 Å². The maximum absolute atomic E-state index is 4.54. The first-order valence-corrected chi connectivity index (χ1v) is 10.4. The Bertz CT molecular complexity index is 639. The summed E-state index contributed by atoms with van der Waals surface area (Å²) in [6.07, 6.45) is 6.97. The molecule has 0 aliphatic rings. The zero-order chi connectivity index (χ0) is 19.5. The van der Waals surface area contributed by atoms with E-state index in [0.29, 0.717) is 0 Å². The Morgan fingerprint density at radius 3 is 1.92 bits per heavy atom. The maximum atomic E-state index is 4.54. The van der Waals surface area contributed by atoms with Crippen molar-refractivity contribution in [1.82, 2.24) is 10.2 Å². The highest BCUT2D eigenvalue weighted by Gasteiger charge is 2.14. The van der Waals surface area contributed by atoms with Crippen LogP contribution in [0.5, 0.6) is 0 Å². The molecule has 0 fully saturated rings. The molecule has 0 aliphatic heterocycles. The van der Waals surface area contributed by atoms with Crippen LogP contribution in [-0.2, 0) is 19.3 Å². The van der Waals surface area contributed by atoms with Crippen molar-refractivity contribution in [3.63, 3.8) is 0 Å². The summed E-state index contributed by atoms with van der Waals surface area (Å²) in [6, 6.07) is 8.80. The van der Waals surface area contributed by atoms with Gasteiger partial charge in [0.2, 0.25) is 0 Å². The molecular formula is C24H38N2. The van der Waals surface area contributed by atoms with Gasteiger partial charge in [-0.25, -0.2) is 0 Å². The Morgan fingerprint density at radius 1 is 0.808 bits per heavy atom. The van der Waals surface area contributed by atoms with Gasteiger partial charge in [-0.3, -0.25) is 0 Å². The molecule has 2 heteroatoms. The smallest absolute Gasteiger partial charge is 0.0964 e. The van der Waals surface area contributed by atoms with Gasteiger partial charge in [0, 0.05) is 5.56 Å². The summed E-state index contributed by atoms with van der Waals surface area (Å²) in [5.74, 6) is 0.833. The van der Waals surface area contributed by atoms with E-state index in [1.165, 1.54) is 41.5 Å². The highest BCUT2D eigenvalue weighted by Crippen LogP contribution is 2.27. The van der Waals surface area contributed by atoms with Crippen molar-refractivity contribution in [2.45, 2.75) is 87.0 Å². The second-order valence-corrected chi connectivity index (χ2v) is 7.68. The normalized spacial score (nSPS) is 10.6. The van der Waals surface area contributed by atoms with Crippen molar-refractivity contribution in [3.05, 3.63) is 46.6 Å². The van der Waals surface area contributed by atoms with Crippen LogP contribution in [0.4, 0.5) is 0 Å². The lowest BCUT2D eigenvalue weighted by atomic mass is 9.94. The number of rotatable bonds is 7. The fraction of sp³-hybridized carbons (Fsp3) is 0.583. The van der Waals surface area contributed by atoms with Crippen LogP contribution >= 0.6 is 0 Å². The molecule has 0 aliphatic carbocycles. The fourth-order valence-corrected chi connectivity index (χ4v) is 3.03. The summed E-state index contributed by atoms with van der Waals surface area (Å²) in [5, 5.41) is 8.95. The highest BCUT2D eigenvalue weighted by atomic mass is 15.1. The van der Waals surface area contributed by atoms with E-state index in [2.05, 4.69) is 82.9 Å². The molecule has 0 amide bonds. The van der Waals surface area contributed by atoms with Crippen molar-refractivity contribution in [2.75, 3.05) is 0 Å². The third-order valence-electron chi connectivity index (χ3n) is 4.41. The first-order chi connectivity index (χ1) is 12.4. The Hall–Kier alpha value is -1.70. The molecule has 0 saturated heterocycles. The lowest BCUT2D eigenvalue weighted by Gasteiger charge is -2.15. The minimum atomic E-state index is 0.833. The second-order valence-electron chi connectivity index (χ2n) is 7.68. The average molecular weight is 355 g/mol. The van der Waals surface area contributed by atoms with E-state index < -0.39 is 0 Å². The van der Waals surface area contributed by atoms with Crippen molar-refractivity contribution in [1.29, 1.82) is 0 Å². The lowest BCUT2D eigenvalue weighted by molar-refractivity contribution is 0.708. The predicted molar refractivity (Wildman–Crippen MR) is 115 cm³/mol. The van der Waals surface area contributed by atoms with Gasteiger partial charge in [0.15, 0.2) is 0 Å². The van der Waals surface area contributed by atoms with Crippen molar-refractivity contribution in [2.24, 2.45) is 5.92 Å². The van der Waals surface area contributed by atoms with E-state index in [-0.39, 0.29) is 0 Å². The number of hydrogen-bond donors (Lipinski definition) is 0. The van der Waals surface area contributed by atoms with Crippen LogP contribution in [0.15, 0.2) is 24.3 Å². The monoisotopic (exact) mass is 354 g/mol.